The van der Waals surface area contributed by atoms with Crippen molar-refractivity contribution in [2.75, 3.05) is 11.9 Å². The van der Waals surface area contributed by atoms with Crippen LogP contribution in [-0.4, -0.2) is 28.5 Å². The minimum Gasteiger partial charge on any atom is -0.324 e. The van der Waals surface area contributed by atoms with Gasteiger partial charge in [0.05, 0.1) is 4.91 Å². The molecule has 5 nitrogen and oxygen atoms in total. The van der Waals surface area contributed by atoms with E-state index in [1.54, 1.807) is 12.2 Å². The van der Waals surface area contributed by atoms with E-state index >= 15 is 0 Å². The molecule has 1 aliphatic heterocycles. The summed E-state index contributed by atoms with van der Waals surface area (Å²) in [6.45, 7) is 3.51. The van der Waals surface area contributed by atoms with Gasteiger partial charge in [0.25, 0.3) is 11.1 Å². The molecule has 2 aromatic rings. The highest BCUT2D eigenvalue weighted by atomic mass is 32.2. The first-order chi connectivity index (χ1) is 13.4. The highest BCUT2D eigenvalue weighted by Gasteiger charge is 2.36. The zero-order chi connectivity index (χ0) is 20.1. The summed E-state index contributed by atoms with van der Waals surface area (Å²) in [4.78, 5) is 38.2. The molecular weight excluding hydrogens is 372 g/mol. The average molecular weight is 392 g/mol. The summed E-state index contributed by atoms with van der Waals surface area (Å²) in [5, 5.41) is 2.33. The van der Waals surface area contributed by atoms with E-state index in [4.69, 9.17) is 0 Å². The van der Waals surface area contributed by atoms with E-state index < -0.39 is 17.1 Å². The van der Waals surface area contributed by atoms with E-state index in [2.05, 4.69) is 5.32 Å². The normalized spacial score (nSPS) is 15.6. The van der Waals surface area contributed by atoms with Crippen LogP contribution in [-0.2, 0) is 9.59 Å². The van der Waals surface area contributed by atoms with Gasteiger partial charge < -0.3 is 5.32 Å². The quantitative estimate of drug-likeness (QED) is 0.759. The first kappa shape index (κ1) is 19.6. The van der Waals surface area contributed by atoms with Gasteiger partial charge in [-0.2, -0.15) is 0 Å². The predicted molar refractivity (Wildman–Crippen MR) is 113 cm³/mol. The fraction of sp³-hybridized carbons (Fsp3) is 0.136. The number of nitrogens with one attached hydrogen (secondary N) is 1. The number of rotatable bonds is 5. The second-order valence-corrected chi connectivity index (χ2v) is 7.42. The van der Waals surface area contributed by atoms with Crippen molar-refractivity contribution < 1.29 is 14.4 Å². The monoisotopic (exact) mass is 392 g/mol. The number of hydrogen-bond donors (Lipinski definition) is 1. The number of nitrogens with zero attached hydrogens (tertiary/aromatic N) is 1. The number of imide groups is 1. The molecule has 0 bridgehead atoms. The van der Waals surface area contributed by atoms with E-state index in [9.17, 15) is 14.4 Å². The molecule has 0 unspecified atom stereocenters. The molecule has 142 valence electrons. The van der Waals surface area contributed by atoms with Crippen molar-refractivity contribution in [2.45, 2.75) is 13.8 Å². The Morgan fingerprint density at radius 3 is 2.61 bits per heavy atom. The predicted octanol–water partition coefficient (Wildman–Crippen LogP) is 4.53. The summed E-state index contributed by atoms with van der Waals surface area (Å²) in [6, 6.07) is 15.4. The van der Waals surface area contributed by atoms with Crippen molar-refractivity contribution in [3.8, 4) is 0 Å². The van der Waals surface area contributed by atoms with Crippen LogP contribution in [0.25, 0.3) is 6.08 Å². The maximum absolute atomic E-state index is 12.5. The van der Waals surface area contributed by atoms with Crippen molar-refractivity contribution in [1.29, 1.82) is 0 Å². The standard InChI is InChI=1S/C22H20N2O3S/c1-15-11-12-16(2)18(13-15)23-20(25)14-24-21(26)19(28-22(24)27)10-6-9-17-7-4-3-5-8-17/h3-13H,14H2,1-2H3,(H,23,25)/b9-6-,19-10+. The van der Waals surface area contributed by atoms with Crippen molar-refractivity contribution in [3.63, 3.8) is 0 Å². The number of aryl methyl sites for hydroxylation is 2. The molecular formula is C22H20N2O3S. The van der Waals surface area contributed by atoms with Gasteiger partial charge in [-0.3, -0.25) is 19.3 Å². The van der Waals surface area contributed by atoms with Gasteiger partial charge in [0, 0.05) is 5.69 Å². The Bertz CT molecular complexity index is 981. The summed E-state index contributed by atoms with van der Waals surface area (Å²) >= 11 is 0.838. The number of thioether (sulfide) groups is 1. The third-order valence-electron chi connectivity index (χ3n) is 4.18. The Morgan fingerprint density at radius 2 is 1.86 bits per heavy atom. The summed E-state index contributed by atoms with van der Waals surface area (Å²) in [6.07, 6.45) is 5.17. The molecule has 6 heteroatoms. The van der Waals surface area contributed by atoms with Crippen LogP contribution in [0.4, 0.5) is 10.5 Å². The highest BCUT2D eigenvalue weighted by molar-refractivity contribution is 8.18. The number of carbonyl (C=O) groups is 3. The second-order valence-electron chi connectivity index (χ2n) is 6.43. The van der Waals surface area contributed by atoms with Crippen LogP contribution >= 0.6 is 11.8 Å². The van der Waals surface area contributed by atoms with Gasteiger partial charge in [-0.25, -0.2) is 0 Å². The molecule has 0 radical (unpaired) electrons. The number of benzene rings is 2. The van der Waals surface area contributed by atoms with Gasteiger partial charge in [-0.15, -0.1) is 0 Å². The molecule has 1 fully saturated rings. The Hall–Kier alpha value is -3.12. The third-order valence-corrected chi connectivity index (χ3v) is 5.10. The van der Waals surface area contributed by atoms with Crippen LogP contribution in [0.3, 0.4) is 0 Å². The number of hydrogen-bond acceptors (Lipinski definition) is 4. The molecule has 3 amide bonds. The molecule has 0 spiro atoms. The summed E-state index contributed by atoms with van der Waals surface area (Å²) in [7, 11) is 0. The van der Waals surface area contributed by atoms with Crippen molar-refractivity contribution >= 4 is 40.6 Å². The first-order valence-electron chi connectivity index (χ1n) is 8.78. The van der Waals surface area contributed by atoms with Gasteiger partial charge in [-0.1, -0.05) is 54.6 Å². The number of allylic oxidation sites excluding steroid dienone is 2. The zero-order valence-electron chi connectivity index (χ0n) is 15.6. The largest absolute Gasteiger partial charge is 0.324 e. The Labute approximate surface area is 168 Å². The number of amides is 3. The number of carbonyl (C=O) groups excluding carboxylic acids is 3. The van der Waals surface area contributed by atoms with Crippen LogP contribution in [0.15, 0.2) is 65.6 Å². The number of anilines is 1. The molecule has 0 aromatic heterocycles. The van der Waals surface area contributed by atoms with Gasteiger partial charge in [0.15, 0.2) is 0 Å². The van der Waals surface area contributed by atoms with Crippen LogP contribution in [0.5, 0.6) is 0 Å². The van der Waals surface area contributed by atoms with Crippen LogP contribution < -0.4 is 5.32 Å². The lowest BCUT2D eigenvalue weighted by Crippen LogP contribution is -2.36. The Morgan fingerprint density at radius 1 is 1.11 bits per heavy atom. The molecule has 2 aromatic carbocycles. The molecule has 1 heterocycles. The minimum absolute atomic E-state index is 0.303. The lowest BCUT2D eigenvalue weighted by atomic mass is 10.1. The average Bonchev–Trinajstić information content (AvgIpc) is 2.93. The van der Waals surface area contributed by atoms with Crippen LogP contribution in [0.1, 0.15) is 16.7 Å². The lowest BCUT2D eigenvalue weighted by Gasteiger charge is -2.14. The van der Waals surface area contributed by atoms with Crippen molar-refractivity contribution in [3.05, 3.63) is 82.3 Å². The van der Waals surface area contributed by atoms with Crippen molar-refractivity contribution in [2.24, 2.45) is 0 Å². The van der Waals surface area contributed by atoms with E-state index in [0.717, 1.165) is 33.4 Å². The van der Waals surface area contributed by atoms with Crippen LogP contribution in [0.2, 0.25) is 0 Å². The fourth-order valence-electron chi connectivity index (χ4n) is 2.67. The molecule has 0 atom stereocenters. The summed E-state index contributed by atoms with van der Waals surface area (Å²) < 4.78 is 0. The lowest BCUT2D eigenvalue weighted by molar-refractivity contribution is -0.127. The Kier molecular flexibility index (Phi) is 6.11. The van der Waals surface area contributed by atoms with Gasteiger partial charge in [0.1, 0.15) is 6.54 Å². The fourth-order valence-corrected chi connectivity index (χ4v) is 3.45. The Balaban J connectivity index is 1.65. The molecule has 1 aliphatic rings. The second kappa shape index (κ2) is 8.71. The van der Waals surface area contributed by atoms with Gasteiger partial charge in [0.2, 0.25) is 5.91 Å². The highest BCUT2D eigenvalue weighted by Crippen LogP contribution is 2.30. The zero-order valence-corrected chi connectivity index (χ0v) is 16.5. The van der Waals surface area contributed by atoms with E-state index in [0.29, 0.717) is 10.6 Å². The van der Waals surface area contributed by atoms with E-state index in [1.165, 1.54) is 0 Å². The van der Waals surface area contributed by atoms with Crippen molar-refractivity contribution in [1.82, 2.24) is 4.90 Å². The SMILES string of the molecule is Cc1ccc(C)c(NC(=O)CN2C(=O)S/C(=C/C=C\c3ccccc3)C2=O)c1. The maximum atomic E-state index is 12.5. The van der Waals surface area contributed by atoms with E-state index in [1.807, 2.05) is 68.5 Å². The summed E-state index contributed by atoms with van der Waals surface area (Å²) in [5.41, 5.74) is 3.60. The first-order valence-corrected chi connectivity index (χ1v) is 9.60. The minimum atomic E-state index is -0.455. The molecule has 0 aliphatic carbocycles. The van der Waals surface area contributed by atoms with Gasteiger partial charge in [-0.05, 0) is 54.4 Å². The molecule has 28 heavy (non-hydrogen) atoms. The van der Waals surface area contributed by atoms with Crippen LogP contribution in [0, 0.1) is 13.8 Å². The summed E-state index contributed by atoms with van der Waals surface area (Å²) in [5.74, 6) is -0.860. The topological polar surface area (TPSA) is 66.5 Å². The molecule has 3 rings (SSSR count). The maximum Gasteiger partial charge on any atom is 0.294 e. The van der Waals surface area contributed by atoms with Gasteiger partial charge >= 0.3 is 0 Å². The smallest absolute Gasteiger partial charge is 0.294 e. The molecule has 1 saturated heterocycles. The molecule has 1 N–H and O–H groups in total. The third kappa shape index (κ3) is 4.78. The molecule has 0 saturated carbocycles. The van der Waals surface area contributed by atoms with E-state index in [-0.39, 0.29) is 6.54 Å².